The lowest BCUT2D eigenvalue weighted by Crippen LogP contribution is -2.45. The number of amides is 1. The van der Waals surface area contributed by atoms with Crippen molar-refractivity contribution < 1.29 is 4.79 Å². The summed E-state index contributed by atoms with van der Waals surface area (Å²) in [5.41, 5.74) is 2.60. The first-order valence-electron chi connectivity index (χ1n) is 12.8. The predicted molar refractivity (Wildman–Crippen MR) is 130 cm³/mol. The van der Waals surface area contributed by atoms with E-state index in [-0.39, 0.29) is 24.1 Å². The highest BCUT2D eigenvalue weighted by Crippen LogP contribution is 2.50. The van der Waals surface area contributed by atoms with Crippen molar-refractivity contribution in [1.82, 2.24) is 15.1 Å². The zero-order chi connectivity index (χ0) is 22.9. The molecule has 8 heteroatoms. The topological polar surface area (TPSA) is 91.9 Å². The fourth-order valence-electron chi connectivity index (χ4n) is 6.75. The largest absolute Gasteiger partial charge is 0.367 e. The van der Waals surface area contributed by atoms with Crippen LogP contribution in [0.4, 0.5) is 5.69 Å². The van der Waals surface area contributed by atoms with E-state index in [1.165, 1.54) is 36.8 Å². The second-order valence-electron chi connectivity index (χ2n) is 10.2. The van der Waals surface area contributed by atoms with Crippen LogP contribution in [0, 0.1) is 17.8 Å². The van der Waals surface area contributed by atoms with E-state index in [4.69, 9.17) is 0 Å². The van der Waals surface area contributed by atoms with Crippen molar-refractivity contribution in [2.45, 2.75) is 83.8 Å². The maximum Gasteiger partial charge on any atom is 0.272 e. The van der Waals surface area contributed by atoms with Crippen LogP contribution < -0.4 is 15.8 Å². The number of nitrogens with zero attached hydrogens (tertiary/aromatic N) is 5. The van der Waals surface area contributed by atoms with Gasteiger partial charge >= 0.3 is 0 Å². The van der Waals surface area contributed by atoms with Crippen molar-refractivity contribution in [3.63, 3.8) is 0 Å². The van der Waals surface area contributed by atoms with Gasteiger partial charge in [-0.05, 0) is 62.7 Å². The molecule has 1 N–H and O–H groups in total. The van der Waals surface area contributed by atoms with Crippen LogP contribution in [-0.4, -0.2) is 52.9 Å². The molecule has 2 aliphatic heterocycles. The molecule has 3 bridgehead atoms. The van der Waals surface area contributed by atoms with Crippen LogP contribution >= 0.6 is 0 Å². The number of hydrogen-bond acceptors (Lipinski definition) is 6. The molecular weight excluding hydrogens is 416 g/mol. The summed E-state index contributed by atoms with van der Waals surface area (Å²) in [6.07, 6.45) is 12.1. The Hall–Kier alpha value is -2.51. The van der Waals surface area contributed by atoms with Crippen molar-refractivity contribution in [3.05, 3.63) is 22.1 Å². The van der Waals surface area contributed by atoms with E-state index < -0.39 is 0 Å². The summed E-state index contributed by atoms with van der Waals surface area (Å²) in [7, 11) is 0. The van der Waals surface area contributed by atoms with Gasteiger partial charge in [-0.3, -0.25) is 14.6 Å². The Morgan fingerprint density at radius 1 is 1.21 bits per heavy atom. The number of nitrogens with one attached hydrogen (secondary N) is 1. The Kier molecular flexibility index (Phi) is 6.34. The maximum atomic E-state index is 13.4. The second kappa shape index (κ2) is 9.39. The Labute approximate surface area is 195 Å². The third-order valence-corrected chi connectivity index (χ3v) is 8.26. The summed E-state index contributed by atoms with van der Waals surface area (Å²) >= 11 is 0. The van der Waals surface area contributed by atoms with E-state index >= 15 is 0 Å². The summed E-state index contributed by atoms with van der Waals surface area (Å²) < 4.78 is 1.33. The van der Waals surface area contributed by atoms with Gasteiger partial charge in [0, 0.05) is 36.8 Å². The van der Waals surface area contributed by atoms with E-state index in [0.717, 1.165) is 54.1 Å². The standard InChI is InChI=1S/C25H36N6O2/c1-3-19-23(30-8-6-16-9-17-11-18(10-16)22(30)12-17)13-28-31(25(19)33)14-24(32)29-20(4-2)21-5-7-26-15-27-21/h13,15-18,20,22H,3-12,14H2,1-2H3,(H,29,32). The van der Waals surface area contributed by atoms with Gasteiger partial charge in [-0.2, -0.15) is 5.10 Å². The van der Waals surface area contributed by atoms with Crippen LogP contribution in [0.25, 0.3) is 0 Å². The monoisotopic (exact) mass is 452 g/mol. The van der Waals surface area contributed by atoms with E-state index in [0.29, 0.717) is 19.0 Å². The number of rotatable bonds is 7. The molecular formula is C25H36N6O2. The fraction of sp³-hybridized carbons (Fsp3) is 0.720. The van der Waals surface area contributed by atoms with Gasteiger partial charge in [-0.1, -0.05) is 13.8 Å². The third-order valence-electron chi connectivity index (χ3n) is 8.26. The SMILES string of the molecule is CCc1c(N2CCC3CC4CC(C3)C2C4)cnn(CC(=O)NC(CC)C2=NC=NCC2)c1=O. The van der Waals surface area contributed by atoms with Crippen LogP contribution in [0.15, 0.2) is 21.0 Å². The molecule has 3 fully saturated rings. The van der Waals surface area contributed by atoms with Crippen LogP contribution in [0.5, 0.6) is 0 Å². The molecule has 2 aliphatic carbocycles. The highest BCUT2D eigenvalue weighted by Gasteiger charge is 2.46. The minimum absolute atomic E-state index is 0.0693. The fourth-order valence-corrected chi connectivity index (χ4v) is 6.75. The van der Waals surface area contributed by atoms with Crippen molar-refractivity contribution in [3.8, 4) is 0 Å². The second-order valence-corrected chi connectivity index (χ2v) is 10.2. The lowest BCUT2D eigenvalue weighted by Gasteiger charge is -2.34. The van der Waals surface area contributed by atoms with E-state index in [1.807, 2.05) is 20.0 Å². The van der Waals surface area contributed by atoms with Gasteiger partial charge in [-0.25, -0.2) is 9.67 Å². The van der Waals surface area contributed by atoms with Crippen molar-refractivity contribution >= 4 is 23.6 Å². The molecule has 178 valence electrons. The molecule has 0 aromatic carbocycles. The van der Waals surface area contributed by atoms with E-state index in [2.05, 4.69) is 25.3 Å². The molecule has 5 unspecified atom stereocenters. The Morgan fingerprint density at radius 2 is 2.06 bits per heavy atom. The van der Waals surface area contributed by atoms with Crippen LogP contribution in [0.2, 0.25) is 0 Å². The van der Waals surface area contributed by atoms with Crippen LogP contribution in [0.1, 0.15) is 64.4 Å². The molecule has 1 aromatic heterocycles. The highest BCUT2D eigenvalue weighted by atomic mass is 16.2. The lowest BCUT2D eigenvalue weighted by atomic mass is 9.80. The first-order chi connectivity index (χ1) is 16.1. The number of anilines is 1. The molecule has 1 amide bonds. The van der Waals surface area contributed by atoms with Gasteiger partial charge < -0.3 is 10.2 Å². The molecule has 4 aliphatic rings. The smallest absolute Gasteiger partial charge is 0.272 e. The minimum atomic E-state index is -0.206. The molecule has 5 rings (SSSR count). The molecule has 1 aromatic rings. The Balaban J connectivity index is 1.34. The summed E-state index contributed by atoms with van der Waals surface area (Å²) in [5, 5.41) is 7.51. The van der Waals surface area contributed by atoms with Gasteiger partial charge in [0.1, 0.15) is 12.9 Å². The molecule has 3 heterocycles. The quantitative estimate of drug-likeness (QED) is 0.688. The summed E-state index contributed by atoms with van der Waals surface area (Å²) in [5.74, 6) is 2.25. The third kappa shape index (κ3) is 4.36. The first kappa shape index (κ1) is 22.3. The highest BCUT2D eigenvalue weighted by molar-refractivity contribution is 5.98. The predicted octanol–water partition coefficient (Wildman–Crippen LogP) is 2.59. The molecule has 0 spiro atoms. The minimum Gasteiger partial charge on any atom is -0.367 e. The van der Waals surface area contributed by atoms with Crippen molar-refractivity contribution in [2.24, 2.45) is 27.7 Å². The first-order valence-corrected chi connectivity index (χ1v) is 12.8. The van der Waals surface area contributed by atoms with Crippen LogP contribution in [-0.2, 0) is 17.8 Å². The molecule has 2 saturated carbocycles. The van der Waals surface area contributed by atoms with Crippen LogP contribution in [0.3, 0.4) is 0 Å². The van der Waals surface area contributed by atoms with Gasteiger partial charge in [0.15, 0.2) is 0 Å². The number of aliphatic imine (C=N–C) groups is 2. The average molecular weight is 453 g/mol. The molecule has 5 atom stereocenters. The van der Waals surface area contributed by atoms with Gasteiger partial charge in [-0.15, -0.1) is 0 Å². The number of hydrogen-bond donors (Lipinski definition) is 1. The number of aromatic nitrogens is 2. The zero-order valence-electron chi connectivity index (χ0n) is 19.9. The van der Waals surface area contributed by atoms with Gasteiger partial charge in [0.25, 0.3) is 5.56 Å². The zero-order valence-corrected chi connectivity index (χ0v) is 19.9. The maximum absolute atomic E-state index is 13.4. The average Bonchev–Trinajstić information content (AvgIpc) is 3.06. The molecule has 33 heavy (non-hydrogen) atoms. The van der Waals surface area contributed by atoms with Gasteiger partial charge in [0.2, 0.25) is 5.91 Å². The van der Waals surface area contributed by atoms with E-state index in [9.17, 15) is 9.59 Å². The normalized spacial score (nSPS) is 29.0. The molecule has 1 saturated heterocycles. The number of carbonyl (C=O) groups is 1. The Bertz CT molecular complexity index is 1010. The van der Waals surface area contributed by atoms with Crippen molar-refractivity contribution in [1.29, 1.82) is 0 Å². The summed E-state index contributed by atoms with van der Waals surface area (Å²) in [4.78, 5) is 37.1. The Morgan fingerprint density at radius 3 is 2.82 bits per heavy atom. The van der Waals surface area contributed by atoms with E-state index in [1.54, 1.807) is 6.34 Å². The van der Waals surface area contributed by atoms with Crippen molar-refractivity contribution in [2.75, 3.05) is 18.0 Å². The molecule has 0 radical (unpaired) electrons. The summed E-state index contributed by atoms with van der Waals surface area (Å²) in [6.45, 7) is 5.70. The number of fused-ring (bicyclic) bond motifs is 2. The van der Waals surface area contributed by atoms with Gasteiger partial charge in [0.05, 0.1) is 17.9 Å². The number of carbonyl (C=O) groups excluding carboxylic acids is 1. The molecule has 8 nitrogen and oxygen atoms in total. The lowest BCUT2D eigenvalue weighted by molar-refractivity contribution is -0.122. The summed E-state index contributed by atoms with van der Waals surface area (Å²) in [6, 6.07) is 0.408.